The number of hydrogen-bond acceptors (Lipinski definition) is 2. The lowest BCUT2D eigenvalue weighted by Crippen LogP contribution is -2.66. The first-order valence-electron chi connectivity index (χ1n) is 11.3. The van der Waals surface area contributed by atoms with Crippen LogP contribution in [0.5, 0.6) is 0 Å². The summed E-state index contributed by atoms with van der Waals surface area (Å²) < 4.78 is 69.0. The van der Waals surface area contributed by atoms with Gasteiger partial charge in [0, 0.05) is 17.8 Å². The molecule has 0 aromatic carbocycles. The molecule has 4 saturated carbocycles. The summed E-state index contributed by atoms with van der Waals surface area (Å²) in [4.78, 5) is 12.4. The molecule has 4 rings (SSSR count). The molecule has 4 aliphatic rings. The number of aliphatic hydroxyl groups is 1. The van der Waals surface area contributed by atoms with Crippen LogP contribution in [0.2, 0.25) is 0 Å². The van der Waals surface area contributed by atoms with Gasteiger partial charge in [-0.1, -0.05) is 27.7 Å². The molecule has 7 heteroatoms. The second-order valence-electron chi connectivity index (χ2n) is 11.4. The van der Waals surface area contributed by atoms with Gasteiger partial charge in [-0.15, -0.1) is 0 Å². The largest absolute Gasteiger partial charge is 0.456 e. The van der Waals surface area contributed by atoms with Gasteiger partial charge in [0.05, 0.1) is 0 Å². The Labute approximate surface area is 175 Å². The lowest BCUT2D eigenvalue weighted by Gasteiger charge is -2.63. The number of Topliss-reactive ketones (excluding diaryl/α,β-unsaturated/α-hetero) is 1. The second-order valence-corrected chi connectivity index (χ2v) is 11.4. The number of hydrogen-bond donors (Lipinski definition) is 1. The molecule has 4 aliphatic carbocycles. The first-order chi connectivity index (χ1) is 13.6. The summed E-state index contributed by atoms with van der Waals surface area (Å²) in [5.41, 5.74) is -4.64. The van der Waals surface area contributed by atoms with Crippen LogP contribution in [0.15, 0.2) is 0 Å². The van der Waals surface area contributed by atoms with Gasteiger partial charge >= 0.3 is 12.1 Å². The molecule has 1 N–H and O–H groups in total. The smallest absolute Gasteiger partial charge is 0.383 e. The van der Waals surface area contributed by atoms with Crippen LogP contribution >= 0.6 is 0 Å². The molecule has 4 fully saturated rings. The monoisotopic (exact) mass is 436 g/mol. The Morgan fingerprint density at radius 1 is 1.00 bits per heavy atom. The van der Waals surface area contributed by atoms with Gasteiger partial charge in [-0.3, -0.25) is 4.79 Å². The van der Waals surface area contributed by atoms with E-state index in [1.54, 1.807) is 0 Å². The quantitative estimate of drug-likeness (QED) is 0.511. The Hall–Kier alpha value is -0.720. The summed E-state index contributed by atoms with van der Waals surface area (Å²) in [6.07, 6.45) is -3.29. The lowest BCUT2D eigenvalue weighted by molar-refractivity contribution is -0.364. The highest BCUT2D eigenvalue weighted by Crippen LogP contribution is 2.72. The van der Waals surface area contributed by atoms with Crippen LogP contribution in [0.4, 0.5) is 22.0 Å². The van der Waals surface area contributed by atoms with Gasteiger partial charge in [0.1, 0.15) is 11.4 Å². The summed E-state index contributed by atoms with van der Waals surface area (Å²) in [6.45, 7) is 7.68. The summed E-state index contributed by atoms with van der Waals surface area (Å²) >= 11 is 0. The van der Waals surface area contributed by atoms with Crippen molar-refractivity contribution in [2.75, 3.05) is 0 Å². The molecule has 0 amide bonds. The highest BCUT2D eigenvalue weighted by molar-refractivity contribution is 5.82. The molecule has 0 bridgehead atoms. The Balaban J connectivity index is 1.72. The number of halogens is 5. The van der Waals surface area contributed by atoms with Crippen molar-refractivity contribution < 1.29 is 31.9 Å². The predicted octanol–water partition coefficient (Wildman–Crippen LogP) is 6.02. The van der Waals surface area contributed by atoms with Gasteiger partial charge in [0.25, 0.3) is 0 Å². The second kappa shape index (κ2) is 6.41. The molecule has 0 spiro atoms. The van der Waals surface area contributed by atoms with Crippen LogP contribution in [-0.2, 0) is 4.79 Å². The number of fused-ring (bicyclic) bond motifs is 5. The molecule has 30 heavy (non-hydrogen) atoms. The average molecular weight is 437 g/mol. The average Bonchev–Trinajstić information content (AvgIpc) is 2.90. The fraction of sp³-hybridized carbons (Fsp3) is 0.957. The molecule has 0 radical (unpaired) electrons. The van der Waals surface area contributed by atoms with Gasteiger partial charge in [0.2, 0.25) is 0 Å². The molecule has 0 aromatic rings. The zero-order valence-electron chi connectivity index (χ0n) is 18.2. The maximum absolute atomic E-state index is 14.6. The van der Waals surface area contributed by atoms with Gasteiger partial charge in [0.15, 0.2) is 0 Å². The predicted molar refractivity (Wildman–Crippen MR) is 102 cm³/mol. The number of alkyl halides is 5. The van der Waals surface area contributed by atoms with Crippen molar-refractivity contribution in [2.24, 2.45) is 46.3 Å². The summed E-state index contributed by atoms with van der Waals surface area (Å²) in [5, 5.41) is 10.9. The van der Waals surface area contributed by atoms with Gasteiger partial charge < -0.3 is 5.11 Å². The van der Waals surface area contributed by atoms with E-state index in [1.807, 2.05) is 6.92 Å². The Bertz CT molecular complexity index is 736. The minimum atomic E-state index is -5.77. The highest BCUT2D eigenvalue weighted by atomic mass is 19.4. The fourth-order valence-corrected chi connectivity index (χ4v) is 8.56. The normalized spacial score (nSPS) is 51.9. The first kappa shape index (κ1) is 22.5. The molecule has 0 saturated heterocycles. The molecule has 5 unspecified atom stereocenters. The molecule has 172 valence electrons. The van der Waals surface area contributed by atoms with E-state index in [4.69, 9.17) is 0 Å². The van der Waals surface area contributed by atoms with E-state index in [9.17, 15) is 31.9 Å². The minimum Gasteiger partial charge on any atom is -0.383 e. The van der Waals surface area contributed by atoms with Crippen LogP contribution in [0.1, 0.15) is 72.6 Å². The highest BCUT2D eigenvalue weighted by Gasteiger charge is 2.79. The molecular formula is C23H33F5O2. The number of rotatable bonds is 1. The van der Waals surface area contributed by atoms with Crippen molar-refractivity contribution in [1.82, 2.24) is 0 Å². The molecular weight excluding hydrogens is 403 g/mol. The Morgan fingerprint density at radius 2 is 1.60 bits per heavy atom. The Kier molecular flexibility index (Phi) is 4.81. The van der Waals surface area contributed by atoms with Gasteiger partial charge in [-0.25, -0.2) is 0 Å². The lowest BCUT2D eigenvalue weighted by atomic mass is 9.41. The van der Waals surface area contributed by atoms with Crippen molar-refractivity contribution in [3.05, 3.63) is 0 Å². The van der Waals surface area contributed by atoms with Crippen LogP contribution < -0.4 is 0 Å². The van der Waals surface area contributed by atoms with Crippen LogP contribution in [0, 0.1) is 46.3 Å². The van der Waals surface area contributed by atoms with Crippen molar-refractivity contribution >= 4 is 5.78 Å². The molecule has 0 aliphatic heterocycles. The minimum absolute atomic E-state index is 0.00320. The molecule has 2 nitrogen and oxygen atoms in total. The summed E-state index contributed by atoms with van der Waals surface area (Å²) in [7, 11) is 0. The molecule has 0 heterocycles. The number of ketones is 1. The van der Waals surface area contributed by atoms with Crippen molar-refractivity contribution in [1.29, 1.82) is 0 Å². The van der Waals surface area contributed by atoms with E-state index in [2.05, 4.69) is 13.8 Å². The van der Waals surface area contributed by atoms with Crippen molar-refractivity contribution in [2.45, 2.75) is 90.3 Å². The van der Waals surface area contributed by atoms with E-state index >= 15 is 0 Å². The summed E-state index contributed by atoms with van der Waals surface area (Å²) in [5.74, 6) is -4.67. The van der Waals surface area contributed by atoms with Crippen LogP contribution in [0.25, 0.3) is 0 Å². The third-order valence-corrected chi connectivity index (χ3v) is 10.2. The number of carbonyl (C=O) groups is 1. The number of carbonyl (C=O) groups excluding carboxylic acids is 1. The van der Waals surface area contributed by atoms with E-state index in [0.29, 0.717) is 12.8 Å². The third kappa shape index (κ3) is 2.59. The van der Waals surface area contributed by atoms with E-state index in [1.165, 1.54) is 6.92 Å². The van der Waals surface area contributed by atoms with Crippen LogP contribution in [-0.4, -0.2) is 28.6 Å². The zero-order valence-corrected chi connectivity index (χ0v) is 18.2. The standard InChI is InChI=1S/C23H33F5O2/c1-12-9-14-10-17(29)13(2)11-19(14,3)15-5-7-20(4)16(18(12)15)6-8-21(20,30)22(24,25)23(26,27)28/h12-16,18,30H,5-11H2,1-4H3/t12?,13?,14-,15?,16?,18?,19+,20+,21+/m1/s1. The van der Waals surface area contributed by atoms with E-state index in [-0.39, 0.29) is 59.5 Å². The van der Waals surface area contributed by atoms with Crippen molar-refractivity contribution in [3.8, 4) is 0 Å². The maximum Gasteiger partial charge on any atom is 0.456 e. The van der Waals surface area contributed by atoms with Crippen molar-refractivity contribution in [3.63, 3.8) is 0 Å². The van der Waals surface area contributed by atoms with Crippen LogP contribution in [0.3, 0.4) is 0 Å². The fourth-order valence-electron chi connectivity index (χ4n) is 8.56. The summed E-state index contributed by atoms with van der Waals surface area (Å²) in [6, 6.07) is 0. The van der Waals surface area contributed by atoms with Gasteiger partial charge in [-0.05, 0) is 73.5 Å². The SMILES string of the molecule is CC1C[C@]2(C)C3CC[C@@]4(C)C(CC[C@@]4(O)C(F)(F)C(F)(F)F)C3C(C)C[C@@H]2CC1=O. The first-order valence-corrected chi connectivity index (χ1v) is 11.3. The zero-order chi connectivity index (χ0) is 22.5. The molecule has 0 aromatic heterocycles. The third-order valence-electron chi connectivity index (χ3n) is 10.2. The van der Waals surface area contributed by atoms with E-state index in [0.717, 1.165) is 12.8 Å². The topological polar surface area (TPSA) is 37.3 Å². The van der Waals surface area contributed by atoms with E-state index < -0.39 is 29.5 Å². The maximum atomic E-state index is 14.6. The Morgan fingerprint density at radius 3 is 2.20 bits per heavy atom. The van der Waals surface area contributed by atoms with Gasteiger partial charge in [-0.2, -0.15) is 22.0 Å². The molecule has 9 atom stereocenters.